The number of benzene rings is 2. The predicted molar refractivity (Wildman–Crippen MR) is 81.2 cm³/mol. The van der Waals surface area contributed by atoms with Gasteiger partial charge in [-0.05, 0) is 30.7 Å². The molecule has 0 aliphatic carbocycles. The van der Waals surface area contributed by atoms with Crippen LogP contribution in [0.2, 0.25) is 0 Å². The lowest BCUT2D eigenvalue weighted by Crippen LogP contribution is -2.20. The van der Waals surface area contributed by atoms with Gasteiger partial charge >= 0.3 is 6.03 Å². The van der Waals surface area contributed by atoms with Gasteiger partial charge in [-0.2, -0.15) is 0 Å². The normalized spacial score (nSPS) is 9.90. The Morgan fingerprint density at radius 3 is 2.60 bits per heavy atom. The zero-order chi connectivity index (χ0) is 14.5. The molecule has 0 radical (unpaired) electrons. The van der Waals surface area contributed by atoms with Crippen LogP contribution in [0, 0.1) is 6.92 Å². The topological polar surface area (TPSA) is 76.4 Å². The SMILES string of the molecule is COc1cccc(NC(=O)Nc2c(C)cccc2N)c1. The van der Waals surface area contributed by atoms with Crippen LogP contribution in [-0.4, -0.2) is 13.1 Å². The number of methoxy groups -OCH3 is 1. The Kier molecular flexibility index (Phi) is 4.10. The molecule has 0 bridgehead atoms. The molecule has 0 saturated carbocycles. The molecule has 5 heteroatoms. The molecule has 0 fully saturated rings. The summed E-state index contributed by atoms with van der Waals surface area (Å²) in [7, 11) is 1.58. The van der Waals surface area contributed by atoms with Gasteiger partial charge in [0.15, 0.2) is 0 Å². The van der Waals surface area contributed by atoms with Crippen molar-refractivity contribution in [2.45, 2.75) is 6.92 Å². The molecule has 4 N–H and O–H groups in total. The van der Waals surface area contributed by atoms with Crippen molar-refractivity contribution in [3.05, 3.63) is 48.0 Å². The fourth-order valence-electron chi connectivity index (χ4n) is 1.84. The van der Waals surface area contributed by atoms with Gasteiger partial charge in [0, 0.05) is 11.8 Å². The number of hydrogen-bond donors (Lipinski definition) is 3. The summed E-state index contributed by atoms with van der Waals surface area (Å²) in [5, 5.41) is 5.48. The number of aryl methyl sites for hydroxylation is 1. The molecule has 20 heavy (non-hydrogen) atoms. The van der Waals surface area contributed by atoms with Gasteiger partial charge in [-0.25, -0.2) is 4.79 Å². The van der Waals surface area contributed by atoms with E-state index in [1.54, 1.807) is 31.4 Å². The molecule has 2 amide bonds. The fourth-order valence-corrected chi connectivity index (χ4v) is 1.84. The van der Waals surface area contributed by atoms with Gasteiger partial charge in [-0.3, -0.25) is 0 Å². The maximum atomic E-state index is 12.0. The summed E-state index contributed by atoms with van der Waals surface area (Å²) in [6, 6.07) is 12.3. The number of hydrogen-bond acceptors (Lipinski definition) is 3. The molecule has 0 saturated heterocycles. The average molecular weight is 271 g/mol. The van der Waals surface area contributed by atoms with Gasteiger partial charge in [0.05, 0.1) is 18.5 Å². The van der Waals surface area contributed by atoms with Crippen molar-refractivity contribution >= 4 is 23.1 Å². The largest absolute Gasteiger partial charge is 0.497 e. The molecule has 0 aliphatic rings. The molecule has 2 aromatic carbocycles. The first-order valence-corrected chi connectivity index (χ1v) is 6.17. The number of nitrogens with two attached hydrogens (primary N) is 1. The minimum Gasteiger partial charge on any atom is -0.497 e. The highest BCUT2D eigenvalue weighted by Gasteiger charge is 2.08. The van der Waals surface area contributed by atoms with E-state index in [4.69, 9.17) is 10.5 Å². The van der Waals surface area contributed by atoms with Crippen molar-refractivity contribution in [3.8, 4) is 5.75 Å². The van der Waals surface area contributed by atoms with Crippen LogP contribution in [0.5, 0.6) is 5.75 Å². The summed E-state index contributed by atoms with van der Waals surface area (Å²) in [4.78, 5) is 12.0. The van der Waals surface area contributed by atoms with Crippen LogP contribution in [0.25, 0.3) is 0 Å². The number of urea groups is 1. The molecule has 0 atom stereocenters. The molecule has 2 rings (SSSR count). The highest BCUT2D eigenvalue weighted by atomic mass is 16.5. The zero-order valence-corrected chi connectivity index (χ0v) is 11.4. The highest BCUT2D eigenvalue weighted by molar-refractivity contribution is 6.02. The van der Waals surface area contributed by atoms with Gasteiger partial charge in [0.1, 0.15) is 5.75 Å². The minimum atomic E-state index is -0.348. The molecular weight excluding hydrogens is 254 g/mol. The Labute approximate surface area is 117 Å². The molecule has 0 heterocycles. The van der Waals surface area contributed by atoms with Crippen molar-refractivity contribution in [1.82, 2.24) is 0 Å². The standard InChI is InChI=1S/C15H17N3O2/c1-10-5-3-8-13(16)14(10)18-15(19)17-11-6-4-7-12(9-11)20-2/h3-9H,16H2,1-2H3,(H2,17,18,19). The third kappa shape index (κ3) is 3.20. The first kappa shape index (κ1) is 13.7. The Balaban J connectivity index is 2.09. The summed E-state index contributed by atoms with van der Waals surface area (Å²) in [6.45, 7) is 1.89. The molecule has 0 aromatic heterocycles. The summed E-state index contributed by atoms with van der Waals surface area (Å²) >= 11 is 0. The predicted octanol–water partition coefficient (Wildman–Crippen LogP) is 3.23. The number of amides is 2. The molecule has 2 aromatic rings. The van der Waals surface area contributed by atoms with E-state index < -0.39 is 0 Å². The molecule has 5 nitrogen and oxygen atoms in total. The molecule has 0 unspecified atom stereocenters. The van der Waals surface area contributed by atoms with Gasteiger partial charge < -0.3 is 21.1 Å². The molecule has 0 spiro atoms. The van der Waals surface area contributed by atoms with Crippen molar-refractivity contribution in [1.29, 1.82) is 0 Å². The van der Waals surface area contributed by atoms with Crippen LogP contribution in [0.1, 0.15) is 5.56 Å². The lowest BCUT2D eigenvalue weighted by Gasteiger charge is -2.12. The maximum absolute atomic E-state index is 12.0. The van der Waals surface area contributed by atoms with E-state index in [-0.39, 0.29) is 6.03 Å². The number of para-hydroxylation sites is 1. The molecule has 104 valence electrons. The Morgan fingerprint density at radius 1 is 1.15 bits per heavy atom. The van der Waals surface area contributed by atoms with Crippen LogP contribution in [0.15, 0.2) is 42.5 Å². The smallest absolute Gasteiger partial charge is 0.323 e. The summed E-state index contributed by atoms with van der Waals surface area (Å²) < 4.78 is 5.10. The van der Waals surface area contributed by atoms with Crippen molar-refractivity contribution in [2.24, 2.45) is 0 Å². The number of carbonyl (C=O) groups is 1. The quantitative estimate of drug-likeness (QED) is 0.750. The van der Waals surface area contributed by atoms with E-state index in [1.807, 2.05) is 25.1 Å². The van der Waals surface area contributed by atoms with Crippen molar-refractivity contribution < 1.29 is 9.53 Å². The van der Waals surface area contributed by atoms with E-state index in [9.17, 15) is 4.79 Å². The van der Waals surface area contributed by atoms with E-state index >= 15 is 0 Å². The first-order chi connectivity index (χ1) is 9.60. The van der Waals surface area contributed by atoms with Crippen LogP contribution in [-0.2, 0) is 0 Å². The zero-order valence-electron chi connectivity index (χ0n) is 11.4. The average Bonchev–Trinajstić information content (AvgIpc) is 2.43. The van der Waals surface area contributed by atoms with Gasteiger partial charge in [0.2, 0.25) is 0 Å². The van der Waals surface area contributed by atoms with E-state index in [1.165, 1.54) is 0 Å². The number of ether oxygens (including phenoxy) is 1. The van der Waals surface area contributed by atoms with Crippen LogP contribution in [0.4, 0.5) is 21.9 Å². The molecular formula is C15H17N3O2. The number of anilines is 3. The monoisotopic (exact) mass is 271 g/mol. The number of nitrogen functional groups attached to an aromatic ring is 1. The van der Waals surface area contributed by atoms with Gasteiger partial charge in [-0.1, -0.05) is 18.2 Å². The minimum absolute atomic E-state index is 0.348. The number of nitrogens with one attached hydrogen (secondary N) is 2. The Hall–Kier alpha value is -2.69. The third-order valence-corrected chi connectivity index (χ3v) is 2.87. The number of rotatable bonds is 3. The second kappa shape index (κ2) is 5.97. The second-order valence-corrected chi connectivity index (χ2v) is 4.35. The number of carbonyl (C=O) groups excluding carboxylic acids is 1. The summed E-state index contributed by atoms with van der Waals surface area (Å²) in [5.41, 5.74) is 8.55. The lowest BCUT2D eigenvalue weighted by molar-refractivity contribution is 0.262. The maximum Gasteiger partial charge on any atom is 0.323 e. The Bertz CT molecular complexity index is 606. The second-order valence-electron chi connectivity index (χ2n) is 4.35. The van der Waals surface area contributed by atoms with Crippen molar-refractivity contribution in [3.63, 3.8) is 0 Å². The lowest BCUT2D eigenvalue weighted by atomic mass is 10.2. The van der Waals surface area contributed by atoms with Gasteiger partial charge in [0.25, 0.3) is 0 Å². The third-order valence-electron chi connectivity index (χ3n) is 2.87. The summed E-state index contributed by atoms with van der Waals surface area (Å²) in [6.07, 6.45) is 0. The van der Waals surface area contributed by atoms with Crippen LogP contribution in [0.3, 0.4) is 0 Å². The fraction of sp³-hybridized carbons (Fsp3) is 0.133. The van der Waals surface area contributed by atoms with Gasteiger partial charge in [-0.15, -0.1) is 0 Å². The molecule has 0 aliphatic heterocycles. The van der Waals surface area contributed by atoms with E-state index in [0.29, 0.717) is 22.8 Å². The Morgan fingerprint density at radius 2 is 1.90 bits per heavy atom. The first-order valence-electron chi connectivity index (χ1n) is 6.17. The van der Waals surface area contributed by atoms with Crippen LogP contribution < -0.4 is 21.1 Å². The van der Waals surface area contributed by atoms with Crippen LogP contribution >= 0.6 is 0 Å². The van der Waals surface area contributed by atoms with Crippen molar-refractivity contribution in [2.75, 3.05) is 23.5 Å². The highest BCUT2D eigenvalue weighted by Crippen LogP contribution is 2.23. The van der Waals surface area contributed by atoms with E-state index in [0.717, 1.165) is 5.56 Å². The summed E-state index contributed by atoms with van der Waals surface area (Å²) in [5.74, 6) is 0.679. The van der Waals surface area contributed by atoms with E-state index in [2.05, 4.69) is 10.6 Å².